The number of hydrogen-bond acceptors (Lipinski definition) is 3. The van der Waals surface area contributed by atoms with Crippen molar-refractivity contribution in [2.45, 2.75) is 58.5 Å². The highest BCUT2D eigenvalue weighted by atomic mass is 16.6. The van der Waals surface area contributed by atoms with Crippen LogP contribution in [0.3, 0.4) is 0 Å². The summed E-state index contributed by atoms with van der Waals surface area (Å²) in [6.07, 6.45) is 5.84. The Balaban J connectivity index is 2.32. The first kappa shape index (κ1) is 12.2. The zero-order valence-corrected chi connectivity index (χ0v) is 10.0. The third-order valence-corrected chi connectivity index (χ3v) is 2.28. The molecule has 0 amide bonds. The van der Waals surface area contributed by atoms with Gasteiger partial charge in [-0.05, 0) is 46.5 Å². The molecule has 1 saturated carbocycles. The van der Waals surface area contributed by atoms with E-state index in [1.54, 1.807) is 0 Å². The molecule has 0 spiro atoms. The highest BCUT2D eigenvalue weighted by Crippen LogP contribution is 2.15. The SMILES string of the molecule is CC(C)(C)OC(=O)CN=C1CCCCC1. The molecule has 0 aromatic carbocycles. The maximum Gasteiger partial charge on any atom is 0.328 e. The van der Waals surface area contributed by atoms with Crippen LogP contribution in [0, 0.1) is 0 Å². The lowest BCUT2D eigenvalue weighted by Gasteiger charge is -2.19. The summed E-state index contributed by atoms with van der Waals surface area (Å²) in [5.41, 5.74) is 0.788. The van der Waals surface area contributed by atoms with Crippen molar-refractivity contribution in [3.63, 3.8) is 0 Å². The standard InChI is InChI=1S/C12H21NO2/c1-12(2,3)15-11(14)9-13-10-7-5-4-6-8-10/h4-9H2,1-3H3. The molecular formula is C12H21NO2. The molecule has 0 N–H and O–H groups in total. The van der Waals surface area contributed by atoms with Crippen LogP contribution < -0.4 is 0 Å². The molecule has 1 aliphatic rings. The van der Waals surface area contributed by atoms with Gasteiger partial charge in [-0.2, -0.15) is 0 Å². The molecule has 86 valence electrons. The number of rotatable bonds is 2. The van der Waals surface area contributed by atoms with Gasteiger partial charge in [-0.15, -0.1) is 0 Å². The number of aliphatic imine (C=N–C) groups is 1. The first-order valence-electron chi connectivity index (χ1n) is 5.71. The summed E-state index contributed by atoms with van der Waals surface area (Å²) in [6.45, 7) is 5.81. The van der Waals surface area contributed by atoms with Gasteiger partial charge in [0.2, 0.25) is 0 Å². The Bertz CT molecular complexity index is 243. The third-order valence-electron chi connectivity index (χ3n) is 2.28. The largest absolute Gasteiger partial charge is 0.459 e. The fraction of sp³-hybridized carbons (Fsp3) is 0.833. The summed E-state index contributed by atoms with van der Waals surface area (Å²) in [5, 5.41) is 0. The molecule has 3 heteroatoms. The van der Waals surface area contributed by atoms with E-state index in [1.165, 1.54) is 25.0 Å². The van der Waals surface area contributed by atoms with Crippen molar-refractivity contribution < 1.29 is 9.53 Å². The van der Waals surface area contributed by atoms with Crippen LogP contribution in [0.15, 0.2) is 4.99 Å². The van der Waals surface area contributed by atoms with Gasteiger partial charge in [0.15, 0.2) is 0 Å². The Labute approximate surface area is 91.9 Å². The molecule has 15 heavy (non-hydrogen) atoms. The fourth-order valence-corrected chi connectivity index (χ4v) is 1.67. The summed E-state index contributed by atoms with van der Waals surface area (Å²) in [7, 11) is 0. The van der Waals surface area contributed by atoms with Gasteiger partial charge in [-0.25, -0.2) is 0 Å². The number of hydrogen-bond donors (Lipinski definition) is 0. The highest BCUT2D eigenvalue weighted by Gasteiger charge is 2.16. The maximum absolute atomic E-state index is 11.4. The zero-order valence-electron chi connectivity index (χ0n) is 10.0. The summed E-state index contributed by atoms with van der Waals surface area (Å²) < 4.78 is 5.18. The Morgan fingerprint density at radius 2 is 1.87 bits per heavy atom. The molecule has 0 saturated heterocycles. The molecule has 0 aliphatic heterocycles. The lowest BCUT2D eigenvalue weighted by atomic mass is 9.99. The molecule has 0 atom stereocenters. The third kappa shape index (κ3) is 5.55. The minimum Gasteiger partial charge on any atom is -0.459 e. The number of carbonyl (C=O) groups is 1. The molecule has 0 heterocycles. The molecule has 1 fully saturated rings. The van der Waals surface area contributed by atoms with Crippen LogP contribution in [-0.4, -0.2) is 23.8 Å². The molecule has 1 rings (SSSR count). The molecule has 0 bridgehead atoms. The van der Waals surface area contributed by atoms with E-state index in [2.05, 4.69) is 4.99 Å². The Hall–Kier alpha value is -0.860. The first-order valence-corrected chi connectivity index (χ1v) is 5.71. The van der Waals surface area contributed by atoms with Crippen LogP contribution in [-0.2, 0) is 9.53 Å². The van der Waals surface area contributed by atoms with Crippen LogP contribution in [0.25, 0.3) is 0 Å². The maximum atomic E-state index is 11.4. The minimum absolute atomic E-state index is 0.187. The van der Waals surface area contributed by atoms with E-state index >= 15 is 0 Å². The van der Waals surface area contributed by atoms with Gasteiger partial charge >= 0.3 is 5.97 Å². The van der Waals surface area contributed by atoms with E-state index in [4.69, 9.17) is 4.74 Å². The normalized spacial score (nSPS) is 17.4. The topological polar surface area (TPSA) is 38.7 Å². The van der Waals surface area contributed by atoms with Gasteiger partial charge in [-0.1, -0.05) is 6.42 Å². The summed E-state index contributed by atoms with van der Waals surface area (Å²) in [4.78, 5) is 15.7. The second-order valence-corrected chi connectivity index (χ2v) is 5.03. The van der Waals surface area contributed by atoms with Crippen molar-refractivity contribution in [1.82, 2.24) is 0 Å². The van der Waals surface area contributed by atoms with Crippen molar-refractivity contribution in [2.75, 3.05) is 6.54 Å². The van der Waals surface area contributed by atoms with Gasteiger partial charge in [0.25, 0.3) is 0 Å². The number of nitrogens with zero attached hydrogens (tertiary/aromatic N) is 1. The highest BCUT2D eigenvalue weighted by molar-refractivity contribution is 5.87. The van der Waals surface area contributed by atoms with Gasteiger partial charge < -0.3 is 4.74 Å². The fourth-order valence-electron chi connectivity index (χ4n) is 1.67. The summed E-state index contributed by atoms with van der Waals surface area (Å²) >= 11 is 0. The van der Waals surface area contributed by atoms with Crippen molar-refractivity contribution in [3.05, 3.63) is 0 Å². The average Bonchev–Trinajstić information content (AvgIpc) is 2.14. The molecule has 0 aromatic heterocycles. The van der Waals surface area contributed by atoms with E-state index in [0.717, 1.165) is 12.8 Å². The molecule has 3 nitrogen and oxygen atoms in total. The summed E-state index contributed by atoms with van der Waals surface area (Å²) in [6, 6.07) is 0. The van der Waals surface area contributed by atoms with Gasteiger partial charge in [0.1, 0.15) is 12.1 Å². The van der Waals surface area contributed by atoms with Gasteiger partial charge in [0, 0.05) is 5.71 Å². The molecule has 0 radical (unpaired) electrons. The minimum atomic E-state index is -0.399. The second kappa shape index (κ2) is 5.29. The second-order valence-electron chi connectivity index (χ2n) is 5.03. The van der Waals surface area contributed by atoms with Crippen molar-refractivity contribution in [1.29, 1.82) is 0 Å². The molecule has 0 aromatic rings. The van der Waals surface area contributed by atoms with Crippen molar-refractivity contribution >= 4 is 11.7 Å². The van der Waals surface area contributed by atoms with E-state index in [0.29, 0.717) is 0 Å². The van der Waals surface area contributed by atoms with E-state index in [9.17, 15) is 4.79 Å². The van der Waals surface area contributed by atoms with Crippen LogP contribution in [0.4, 0.5) is 0 Å². The number of ether oxygens (including phenoxy) is 1. The lowest BCUT2D eigenvalue weighted by molar-refractivity contribution is -0.152. The van der Waals surface area contributed by atoms with Crippen LogP contribution in [0.1, 0.15) is 52.9 Å². The Kier molecular flexibility index (Phi) is 4.30. The number of esters is 1. The number of carbonyl (C=O) groups excluding carboxylic acids is 1. The Morgan fingerprint density at radius 3 is 2.40 bits per heavy atom. The van der Waals surface area contributed by atoms with E-state index in [-0.39, 0.29) is 12.5 Å². The van der Waals surface area contributed by atoms with Crippen LogP contribution in [0.5, 0.6) is 0 Å². The van der Waals surface area contributed by atoms with Crippen molar-refractivity contribution in [2.24, 2.45) is 4.99 Å². The van der Waals surface area contributed by atoms with Crippen molar-refractivity contribution in [3.8, 4) is 0 Å². The zero-order chi connectivity index (χ0) is 11.3. The molecular weight excluding hydrogens is 190 g/mol. The lowest BCUT2D eigenvalue weighted by Crippen LogP contribution is -2.25. The monoisotopic (exact) mass is 211 g/mol. The van der Waals surface area contributed by atoms with E-state index in [1.807, 2.05) is 20.8 Å². The Morgan fingerprint density at radius 1 is 1.27 bits per heavy atom. The predicted octanol–water partition coefficient (Wildman–Crippen LogP) is 2.73. The first-order chi connectivity index (χ1) is 6.97. The predicted molar refractivity (Wildman–Crippen MR) is 61.2 cm³/mol. The quantitative estimate of drug-likeness (QED) is 0.659. The van der Waals surface area contributed by atoms with Crippen LogP contribution in [0.2, 0.25) is 0 Å². The van der Waals surface area contributed by atoms with Gasteiger partial charge in [0.05, 0.1) is 0 Å². The average molecular weight is 211 g/mol. The smallest absolute Gasteiger partial charge is 0.328 e. The molecule has 0 unspecified atom stereocenters. The molecule has 1 aliphatic carbocycles. The van der Waals surface area contributed by atoms with Gasteiger partial charge in [-0.3, -0.25) is 9.79 Å². The van der Waals surface area contributed by atoms with Crippen LogP contribution >= 0.6 is 0 Å². The summed E-state index contributed by atoms with van der Waals surface area (Å²) in [5.74, 6) is -0.222. The van der Waals surface area contributed by atoms with E-state index < -0.39 is 5.60 Å².